The van der Waals surface area contributed by atoms with Gasteiger partial charge in [0.05, 0.1) is 7.11 Å². The number of imide groups is 1. The molecule has 8 heteroatoms. The molecule has 1 saturated heterocycles. The number of ether oxygens (including phenoxy) is 2. The highest BCUT2D eigenvalue weighted by atomic mass is 19.1. The molecule has 3 amide bonds. The summed E-state index contributed by atoms with van der Waals surface area (Å²) in [6.07, 6.45) is -1.70. The Labute approximate surface area is 83.9 Å². The average Bonchev–Trinajstić information content (AvgIpc) is 2.21. The molecule has 7 nitrogen and oxygen atoms in total. The van der Waals surface area contributed by atoms with Gasteiger partial charge in [-0.2, -0.15) is 0 Å². The van der Waals surface area contributed by atoms with Crippen molar-refractivity contribution in [2.45, 2.75) is 11.9 Å². The number of alkyl halides is 1. The van der Waals surface area contributed by atoms with Gasteiger partial charge in [-0.15, -0.1) is 0 Å². The first-order valence-electron chi connectivity index (χ1n) is 3.89. The van der Waals surface area contributed by atoms with Crippen molar-refractivity contribution in [1.29, 1.82) is 0 Å². The number of rotatable bonds is 2. The SMILES string of the molecule is COC(=O)[C@]1(F)C(=O)NC(=O)N[C@@H]1OC. The van der Waals surface area contributed by atoms with Crippen molar-refractivity contribution in [3.05, 3.63) is 0 Å². The highest BCUT2D eigenvalue weighted by Gasteiger charge is 2.59. The van der Waals surface area contributed by atoms with Crippen LogP contribution in [0.1, 0.15) is 0 Å². The maximum atomic E-state index is 14.0. The van der Waals surface area contributed by atoms with Crippen molar-refractivity contribution in [2.75, 3.05) is 14.2 Å². The highest BCUT2D eigenvalue weighted by molar-refractivity contribution is 6.13. The van der Waals surface area contributed by atoms with Gasteiger partial charge in [-0.25, -0.2) is 14.0 Å². The predicted octanol–water partition coefficient (Wildman–Crippen LogP) is -1.32. The van der Waals surface area contributed by atoms with Crippen LogP contribution in [-0.2, 0) is 19.1 Å². The van der Waals surface area contributed by atoms with Crippen molar-refractivity contribution in [3.8, 4) is 0 Å². The van der Waals surface area contributed by atoms with E-state index in [1.807, 2.05) is 5.32 Å². The van der Waals surface area contributed by atoms with E-state index in [0.29, 0.717) is 0 Å². The Kier molecular flexibility index (Phi) is 2.89. The van der Waals surface area contributed by atoms with E-state index >= 15 is 0 Å². The molecule has 2 atom stereocenters. The Bertz CT molecular complexity index is 321. The molecule has 0 aromatic rings. The van der Waals surface area contributed by atoms with Gasteiger partial charge in [-0.1, -0.05) is 0 Å². The van der Waals surface area contributed by atoms with Gasteiger partial charge >= 0.3 is 17.7 Å². The lowest BCUT2D eigenvalue weighted by Gasteiger charge is -2.32. The van der Waals surface area contributed by atoms with Crippen LogP contribution in [0.4, 0.5) is 9.18 Å². The first-order chi connectivity index (χ1) is 6.96. The van der Waals surface area contributed by atoms with E-state index in [1.54, 1.807) is 5.32 Å². The lowest BCUT2D eigenvalue weighted by atomic mass is 10.0. The molecule has 0 aromatic carbocycles. The van der Waals surface area contributed by atoms with Crippen molar-refractivity contribution in [1.82, 2.24) is 10.6 Å². The van der Waals surface area contributed by atoms with Crippen LogP contribution in [0.3, 0.4) is 0 Å². The number of methoxy groups -OCH3 is 2. The lowest BCUT2D eigenvalue weighted by Crippen LogP contribution is -2.70. The molecule has 1 rings (SSSR count). The highest BCUT2D eigenvalue weighted by Crippen LogP contribution is 2.22. The fourth-order valence-electron chi connectivity index (χ4n) is 1.14. The van der Waals surface area contributed by atoms with Gasteiger partial charge in [0.25, 0.3) is 5.91 Å². The fraction of sp³-hybridized carbons (Fsp3) is 0.571. The van der Waals surface area contributed by atoms with E-state index in [-0.39, 0.29) is 0 Å². The Morgan fingerprint density at radius 3 is 2.53 bits per heavy atom. The average molecular weight is 220 g/mol. The zero-order valence-corrected chi connectivity index (χ0v) is 8.00. The Hall–Kier alpha value is -1.70. The van der Waals surface area contributed by atoms with Crippen LogP contribution in [0.2, 0.25) is 0 Å². The molecule has 84 valence electrons. The van der Waals surface area contributed by atoms with E-state index in [2.05, 4.69) is 9.47 Å². The Balaban J connectivity index is 3.06. The Morgan fingerprint density at radius 2 is 2.07 bits per heavy atom. The van der Waals surface area contributed by atoms with Crippen LogP contribution < -0.4 is 10.6 Å². The summed E-state index contributed by atoms with van der Waals surface area (Å²) in [6, 6.07) is -0.941. The molecule has 0 spiro atoms. The number of carbonyl (C=O) groups is 3. The summed E-state index contributed by atoms with van der Waals surface area (Å²) in [7, 11) is 1.96. The number of urea groups is 1. The zero-order chi connectivity index (χ0) is 11.6. The van der Waals surface area contributed by atoms with E-state index in [0.717, 1.165) is 14.2 Å². The van der Waals surface area contributed by atoms with Crippen LogP contribution in [0, 0.1) is 0 Å². The third-order valence-electron chi connectivity index (χ3n) is 1.90. The topological polar surface area (TPSA) is 93.7 Å². The first-order valence-corrected chi connectivity index (χ1v) is 3.89. The summed E-state index contributed by atoms with van der Waals surface area (Å²) in [5, 5.41) is 3.54. The maximum Gasteiger partial charge on any atom is 0.358 e. The van der Waals surface area contributed by atoms with Crippen LogP contribution in [-0.4, -0.2) is 44.0 Å². The summed E-state index contributed by atoms with van der Waals surface area (Å²) in [6.45, 7) is 0. The number of nitrogens with one attached hydrogen (secondary N) is 2. The van der Waals surface area contributed by atoms with Crippen LogP contribution in [0.5, 0.6) is 0 Å². The van der Waals surface area contributed by atoms with Crippen LogP contribution >= 0.6 is 0 Å². The third kappa shape index (κ3) is 1.63. The van der Waals surface area contributed by atoms with E-state index < -0.39 is 29.8 Å². The number of esters is 1. The van der Waals surface area contributed by atoms with Crippen molar-refractivity contribution >= 4 is 17.9 Å². The molecule has 1 heterocycles. The van der Waals surface area contributed by atoms with Gasteiger partial charge in [-0.05, 0) is 0 Å². The molecule has 1 aliphatic heterocycles. The quantitative estimate of drug-likeness (QED) is 0.444. The summed E-state index contributed by atoms with van der Waals surface area (Å²) in [5.74, 6) is -2.85. The minimum atomic E-state index is -3.07. The molecule has 0 bridgehead atoms. The number of hydrogen-bond acceptors (Lipinski definition) is 5. The molecule has 2 N–H and O–H groups in total. The molecule has 0 radical (unpaired) electrons. The minimum Gasteiger partial charge on any atom is -0.466 e. The summed E-state index contributed by atoms with van der Waals surface area (Å²) >= 11 is 0. The zero-order valence-electron chi connectivity index (χ0n) is 8.00. The molecular formula is C7H9FN2O5. The van der Waals surface area contributed by atoms with Gasteiger partial charge in [-0.3, -0.25) is 10.1 Å². The molecule has 0 aromatic heterocycles. The molecule has 1 aliphatic rings. The van der Waals surface area contributed by atoms with E-state index in [1.165, 1.54) is 0 Å². The number of amides is 3. The molecule has 15 heavy (non-hydrogen) atoms. The van der Waals surface area contributed by atoms with Gasteiger partial charge in [0, 0.05) is 7.11 Å². The number of carbonyl (C=O) groups excluding carboxylic acids is 3. The van der Waals surface area contributed by atoms with E-state index in [4.69, 9.17) is 0 Å². The largest absolute Gasteiger partial charge is 0.466 e. The Morgan fingerprint density at radius 1 is 1.47 bits per heavy atom. The number of halogens is 1. The maximum absolute atomic E-state index is 14.0. The summed E-state index contributed by atoms with van der Waals surface area (Å²) in [5.41, 5.74) is -3.07. The molecule has 0 unspecified atom stereocenters. The van der Waals surface area contributed by atoms with E-state index in [9.17, 15) is 18.8 Å². The second kappa shape index (κ2) is 3.81. The van der Waals surface area contributed by atoms with Gasteiger partial charge in [0.2, 0.25) is 0 Å². The smallest absolute Gasteiger partial charge is 0.358 e. The van der Waals surface area contributed by atoms with Crippen molar-refractivity contribution in [2.24, 2.45) is 0 Å². The van der Waals surface area contributed by atoms with Gasteiger partial charge in [0.15, 0.2) is 6.23 Å². The van der Waals surface area contributed by atoms with Crippen molar-refractivity contribution in [3.63, 3.8) is 0 Å². The second-order valence-electron chi connectivity index (χ2n) is 2.75. The lowest BCUT2D eigenvalue weighted by molar-refractivity contribution is -0.174. The molecule has 0 aliphatic carbocycles. The molecule has 0 saturated carbocycles. The fourth-order valence-corrected chi connectivity index (χ4v) is 1.14. The second-order valence-corrected chi connectivity index (χ2v) is 2.75. The van der Waals surface area contributed by atoms with Crippen molar-refractivity contribution < 1.29 is 28.2 Å². The minimum absolute atomic E-state index is 0.917. The third-order valence-corrected chi connectivity index (χ3v) is 1.90. The van der Waals surface area contributed by atoms with Crippen LogP contribution in [0.15, 0.2) is 0 Å². The summed E-state index contributed by atoms with van der Waals surface area (Å²) in [4.78, 5) is 33.1. The normalized spacial score (nSPS) is 30.5. The predicted molar refractivity (Wildman–Crippen MR) is 43.3 cm³/mol. The summed E-state index contributed by atoms with van der Waals surface area (Å²) < 4.78 is 22.6. The first kappa shape index (κ1) is 11.4. The molecule has 1 fully saturated rings. The molecular weight excluding hydrogens is 211 g/mol. The monoisotopic (exact) mass is 220 g/mol. The number of hydrogen-bond donors (Lipinski definition) is 2. The standard InChI is InChI=1S/C7H9FN2O5/c1-14-4-7(8,5(12)15-2)3(11)9-6(13)10-4/h4H,1-2H3,(H2,9,10,11,13)/t4-,7+/m1/s1. The van der Waals surface area contributed by atoms with Gasteiger partial charge in [0.1, 0.15) is 0 Å². The van der Waals surface area contributed by atoms with Gasteiger partial charge < -0.3 is 14.8 Å². The van der Waals surface area contributed by atoms with Crippen LogP contribution in [0.25, 0.3) is 0 Å².